The molecule has 4 aromatic rings. The summed E-state index contributed by atoms with van der Waals surface area (Å²) in [5, 5.41) is 11.6. The van der Waals surface area contributed by atoms with Gasteiger partial charge in [-0.3, -0.25) is 4.79 Å². The largest absolute Gasteiger partial charge is 0.449 e. The molecule has 7 heteroatoms. The topological polar surface area (TPSA) is 81.2 Å². The molecular formula is C16H10ClN3O3. The Morgan fingerprint density at radius 1 is 1.17 bits per heavy atom. The van der Waals surface area contributed by atoms with Gasteiger partial charge in [0.2, 0.25) is 0 Å². The van der Waals surface area contributed by atoms with Gasteiger partial charge in [0.15, 0.2) is 16.9 Å². The van der Waals surface area contributed by atoms with Crippen LogP contribution in [0.1, 0.15) is 16.1 Å². The third-order valence-corrected chi connectivity index (χ3v) is 3.95. The Morgan fingerprint density at radius 2 is 2.00 bits per heavy atom. The number of benzene rings is 2. The highest BCUT2D eigenvalue weighted by molar-refractivity contribution is 6.35. The van der Waals surface area contributed by atoms with Gasteiger partial charge in [-0.1, -0.05) is 29.8 Å². The SMILES string of the molecule is Cc1c(C(=O)Nc2cccc3nonc23)oc2c(Cl)cccc12. The molecule has 6 nitrogen and oxygen atoms in total. The van der Waals surface area contributed by atoms with Crippen LogP contribution in [0.3, 0.4) is 0 Å². The van der Waals surface area contributed by atoms with Crippen molar-refractivity contribution in [2.24, 2.45) is 0 Å². The molecule has 4 rings (SSSR count). The van der Waals surface area contributed by atoms with Crippen LogP contribution in [0.5, 0.6) is 0 Å². The zero-order valence-electron chi connectivity index (χ0n) is 12.0. The fraction of sp³-hybridized carbons (Fsp3) is 0.0625. The molecule has 2 heterocycles. The summed E-state index contributed by atoms with van der Waals surface area (Å²) in [4.78, 5) is 12.6. The zero-order valence-corrected chi connectivity index (χ0v) is 12.7. The maximum absolute atomic E-state index is 12.6. The number of amides is 1. The minimum atomic E-state index is -0.384. The first-order valence-electron chi connectivity index (χ1n) is 6.85. The molecule has 0 fully saturated rings. The predicted molar refractivity (Wildman–Crippen MR) is 85.7 cm³/mol. The van der Waals surface area contributed by atoms with E-state index in [0.717, 1.165) is 10.9 Å². The van der Waals surface area contributed by atoms with Gasteiger partial charge in [-0.25, -0.2) is 4.63 Å². The van der Waals surface area contributed by atoms with Crippen molar-refractivity contribution >= 4 is 45.2 Å². The van der Waals surface area contributed by atoms with Gasteiger partial charge in [0.05, 0.1) is 10.7 Å². The number of aryl methyl sites for hydroxylation is 1. The number of hydrogen-bond donors (Lipinski definition) is 1. The number of anilines is 1. The number of halogens is 1. The summed E-state index contributed by atoms with van der Waals surface area (Å²) in [6.07, 6.45) is 0. The number of nitrogens with zero attached hydrogens (tertiary/aromatic N) is 2. The number of rotatable bonds is 2. The molecular weight excluding hydrogens is 318 g/mol. The number of carbonyl (C=O) groups is 1. The predicted octanol–water partition coefficient (Wildman–Crippen LogP) is 4.18. The van der Waals surface area contributed by atoms with Crippen molar-refractivity contribution in [2.45, 2.75) is 6.92 Å². The van der Waals surface area contributed by atoms with E-state index in [1.54, 1.807) is 24.3 Å². The summed E-state index contributed by atoms with van der Waals surface area (Å²) < 4.78 is 10.3. The van der Waals surface area contributed by atoms with Crippen molar-refractivity contribution in [3.8, 4) is 0 Å². The zero-order chi connectivity index (χ0) is 16.0. The highest BCUT2D eigenvalue weighted by Gasteiger charge is 2.20. The fourth-order valence-corrected chi connectivity index (χ4v) is 2.72. The average Bonchev–Trinajstić information content (AvgIpc) is 3.14. The molecule has 2 aromatic heterocycles. The van der Waals surface area contributed by atoms with E-state index >= 15 is 0 Å². The first-order valence-corrected chi connectivity index (χ1v) is 7.23. The van der Waals surface area contributed by atoms with E-state index in [0.29, 0.717) is 27.3 Å². The van der Waals surface area contributed by atoms with Crippen LogP contribution in [-0.4, -0.2) is 16.2 Å². The number of para-hydroxylation sites is 1. The van der Waals surface area contributed by atoms with Crippen LogP contribution in [-0.2, 0) is 0 Å². The van der Waals surface area contributed by atoms with Gasteiger partial charge in [0.25, 0.3) is 5.91 Å². The van der Waals surface area contributed by atoms with Gasteiger partial charge >= 0.3 is 0 Å². The highest BCUT2D eigenvalue weighted by atomic mass is 35.5. The Morgan fingerprint density at radius 3 is 2.83 bits per heavy atom. The van der Waals surface area contributed by atoms with E-state index in [4.69, 9.17) is 16.0 Å². The van der Waals surface area contributed by atoms with Crippen LogP contribution < -0.4 is 5.32 Å². The van der Waals surface area contributed by atoms with Crippen molar-refractivity contribution in [3.63, 3.8) is 0 Å². The number of nitrogens with one attached hydrogen (secondary N) is 1. The van der Waals surface area contributed by atoms with Crippen LogP contribution >= 0.6 is 11.6 Å². The molecule has 0 spiro atoms. The van der Waals surface area contributed by atoms with Crippen LogP contribution in [0.4, 0.5) is 5.69 Å². The van der Waals surface area contributed by atoms with E-state index in [1.165, 1.54) is 0 Å². The monoisotopic (exact) mass is 327 g/mol. The molecule has 114 valence electrons. The highest BCUT2D eigenvalue weighted by Crippen LogP contribution is 2.31. The number of carbonyl (C=O) groups excluding carboxylic acids is 1. The van der Waals surface area contributed by atoms with Gasteiger partial charge < -0.3 is 9.73 Å². The fourth-order valence-electron chi connectivity index (χ4n) is 2.51. The summed E-state index contributed by atoms with van der Waals surface area (Å²) in [6.45, 7) is 1.81. The number of hydrogen-bond acceptors (Lipinski definition) is 5. The van der Waals surface area contributed by atoms with Gasteiger partial charge in [-0.2, -0.15) is 0 Å². The average molecular weight is 328 g/mol. The quantitative estimate of drug-likeness (QED) is 0.597. The molecule has 0 radical (unpaired) electrons. The molecule has 0 bridgehead atoms. The van der Waals surface area contributed by atoms with Gasteiger partial charge in [0.1, 0.15) is 5.52 Å². The lowest BCUT2D eigenvalue weighted by Gasteiger charge is -2.03. The minimum Gasteiger partial charge on any atom is -0.449 e. The second kappa shape index (κ2) is 5.10. The van der Waals surface area contributed by atoms with Crippen molar-refractivity contribution in [1.82, 2.24) is 10.3 Å². The van der Waals surface area contributed by atoms with E-state index in [9.17, 15) is 4.79 Å². The molecule has 1 N–H and O–H groups in total. The third kappa shape index (κ3) is 2.15. The Hall–Kier alpha value is -2.86. The van der Waals surface area contributed by atoms with Crippen molar-refractivity contribution in [1.29, 1.82) is 0 Å². The molecule has 0 saturated heterocycles. The summed E-state index contributed by atoms with van der Waals surface area (Å²) in [5.41, 5.74) is 2.77. The maximum Gasteiger partial charge on any atom is 0.291 e. The van der Waals surface area contributed by atoms with Crippen molar-refractivity contribution in [3.05, 3.63) is 52.7 Å². The Bertz CT molecular complexity index is 1050. The van der Waals surface area contributed by atoms with Crippen LogP contribution in [0, 0.1) is 6.92 Å². The third-order valence-electron chi connectivity index (χ3n) is 3.66. The van der Waals surface area contributed by atoms with Crippen LogP contribution in [0.2, 0.25) is 5.02 Å². The molecule has 0 aliphatic rings. The first-order chi connectivity index (χ1) is 11.1. The van der Waals surface area contributed by atoms with Gasteiger partial charge in [-0.15, -0.1) is 0 Å². The van der Waals surface area contributed by atoms with Gasteiger partial charge in [0, 0.05) is 10.9 Å². The number of fused-ring (bicyclic) bond motifs is 2. The summed E-state index contributed by atoms with van der Waals surface area (Å²) in [7, 11) is 0. The van der Waals surface area contributed by atoms with Crippen LogP contribution in [0.15, 0.2) is 45.4 Å². The Balaban J connectivity index is 1.76. The molecule has 0 aliphatic heterocycles. The Kier molecular flexibility index (Phi) is 3.06. The summed E-state index contributed by atoms with van der Waals surface area (Å²) in [5.74, 6) is -0.174. The van der Waals surface area contributed by atoms with E-state index < -0.39 is 0 Å². The minimum absolute atomic E-state index is 0.210. The summed E-state index contributed by atoms with van der Waals surface area (Å²) in [6, 6.07) is 10.6. The molecule has 2 aromatic carbocycles. The van der Waals surface area contributed by atoms with Gasteiger partial charge in [-0.05, 0) is 35.4 Å². The Labute approximate surface area is 135 Å². The maximum atomic E-state index is 12.6. The normalized spacial score (nSPS) is 11.2. The van der Waals surface area contributed by atoms with E-state index in [2.05, 4.69) is 20.3 Å². The lowest BCUT2D eigenvalue weighted by molar-refractivity contribution is 0.0998. The molecule has 1 amide bonds. The van der Waals surface area contributed by atoms with Crippen molar-refractivity contribution < 1.29 is 13.8 Å². The van der Waals surface area contributed by atoms with Crippen molar-refractivity contribution in [2.75, 3.05) is 5.32 Å². The summed E-state index contributed by atoms with van der Waals surface area (Å²) >= 11 is 6.11. The molecule has 0 unspecified atom stereocenters. The molecule has 0 saturated carbocycles. The molecule has 0 atom stereocenters. The number of furan rings is 1. The van der Waals surface area contributed by atoms with E-state index in [1.807, 2.05) is 19.1 Å². The lowest BCUT2D eigenvalue weighted by atomic mass is 10.1. The second-order valence-electron chi connectivity index (χ2n) is 5.06. The second-order valence-corrected chi connectivity index (χ2v) is 5.47. The smallest absolute Gasteiger partial charge is 0.291 e. The first kappa shape index (κ1) is 13.8. The molecule has 0 aliphatic carbocycles. The lowest BCUT2D eigenvalue weighted by Crippen LogP contribution is -2.12. The van der Waals surface area contributed by atoms with E-state index in [-0.39, 0.29) is 11.7 Å². The standard InChI is InChI=1S/C16H10ClN3O3/c1-8-9-4-2-5-10(17)15(9)22-14(8)16(21)18-11-6-3-7-12-13(11)20-23-19-12/h2-7H,1H3,(H,18,21). The number of aromatic nitrogens is 2. The van der Waals surface area contributed by atoms with Crippen LogP contribution in [0.25, 0.3) is 22.0 Å². The molecule has 23 heavy (non-hydrogen) atoms.